The number of amides is 2. The van der Waals surface area contributed by atoms with Crippen molar-refractivity contribution < 1.29 is 9.59 Å². The Hall–Kier alpha value is -1.88. The topological polar surface area (TPSA) is 70.2 Å². The van der Waals surface area contributed by atoms with Crippen molar-refractivity contribution in [1.29, 1.82) is 0 Å². The maximum atomic E-state index is 12.0. The van der Waals surface area contributed by atoms with Gasteiger partial charge in [0.1, 0.15) is 0 Å². The molecule has 5 heteroatoms. The summed E-state index contributed by atoms with van der Waals surface area (Å²) in [6.45, 7) is 2.62. The number of benzene rings is 1. The molecule has 1 saturated carbocycles. The first kappa shape index (κ1) is 17.0. The molecule has 1 aromatic carbocycles. The van der Waals surface area contributed by atoms with Crippen LogP contribution in [0, 0.1) is 11.8 Å². The van der Waals surface area contributed by atoms with Crippen molar-refractivity contribution in [3.05, 3.63) is 29.8 Å². The smallest absolute Gasteiger partial charge is 0.227 e. The summed E-state index contributed by atoms with van der Waals surface area (Å²) in [5.74, 6) is 1.04. The van der Waals surface area contributed by atoms with Gasteiger partial charge in [-0.05, 0) is 62.4 Å². The maximum Gasteiger partial charge on any atom is 0.227 e. The highest BCUT2D eigenvalue weighted by Crippen LogP contribution is 2.27. The molecule has 1 atom stereocenters. The summed E-state index contributed by atoms with van der Waals surface area (Å²) in [5.41, 5.74) is 1.83. The van der Waals surface area contributed by atoms with Gasteiger partial charge in [-0.2, -0.15) is 0 Å². The fourth-order valence-corrected chi connectivity index (χ4v) is 3.26. The lowest BCUT2D eigenvalue weighted by molar-refractivity contribution is -0.122. The Morgan fingerprint density at radius 1 is 1.21 bits per heavy atom. The molecule has 24 heavy (non-hydrogen) atoms. The van der Waals surface area contributed by atoms with Crippen LogP contribution in [0.2, 0.25) is 0 Å². The van der Waals surface area contributed by atoms with Gasteiger partial charge in [-0.15, -0.1) is 0 Å². The maximum absolute atomic E-state index is 12.0. The van der Waals surface area contributed by atoms with E-state index in [1.807, 2.05) is 24.3 Å². The molecule has 130 valence electrons. The lowest BCUT2D eigenvalue weighted by Crippen LogP contribution is -2.28. The summed E-state index contributed by atoms with van der Waals surface area (Å²) in [7, 11) is 0. The zero-order chi connectivity index (χ0) is 16.8. The predicted octanol–water partition coefficient (Wildman–Crippen LogP) is 2.43. The fourth-order valence-electron chi connectivity index (χ4n) is 3.26. The molecular formula is C19H27N3O2. The van der Waals surface area contributed by atoms with Crippen LogP contribution in [-0.2, 0) is 16.1 Å². The standard InChI is InChI=1S/C19H27N3O2/c23-18(8-7-14-9-10-20-12-14)21-13-15-3-1-6-17(11-15)22-19(24)16-4-2-5-16/h1,3,6,11,14,16,20H,2,4-5,7-10,12-13H2,(H,21,23)(H,22,24). The average Bonchev–Trinajstić information content (AvgIpc) is 3.03. The number of carbonyl (C=O) groups is 2. The van der Waals surface area contributed by atoms with Gasteiger partial charge >= 0.3 is 0 Å². The molecule has 0 radical (unpaired) electrons. The molecule has 2 amide bonds. The Bertz CT molecular complexity index is 578. The second-order valence-electron chi connectivity index (χ2n) is 6.99. The van der Waals surface area contributed by atoms with E-state index >= 15 is 0 Å². The van der Waals surface area contributed by atoms with Crippen LogP contribution in [0.5, 0.6) is 0 Å². The van der Waals surface area contributed by atoms with E-state index in [0.29, 0.717) is 18.9 Å². The SMILES string of the molecule is O=C(CCC1CCNC1)NCc1cccc(NC(=O)C2CCC2)c1. The van der Waals surface area contributed by atoms with Gasteiger partial charge in [0.2, 0.25) is 11.8 Å². The fraction of sp³-hybridized carbons (Fsp3) is 0.579. The Morgan fingerprint density at radius 2 is 2.08 bits per heavy atom. The first-order chi connectivity index (χ1) is 11.7. The van der Waals surface area contributed by atoms with E-state index in [4.69, 9.17) is 0 Å². The van der Waals surface area contributed by atoms with Crippen LogP contribution in [0.3, 0.4) is 0 Å². The van der Waals surface area contributed by atoms with Gasteiger partial charge in [0.25, 0.3) is 0 Å². The van der Waals surface area contributed by atoms with E-state index in [1.165, 1.54) is 6.42 Å². The molecule has 1 unspecified atom stereocenters. The molecule has 2 fully saturated rings. The molecule has 1 saturated heterocycles. The molecule has 1 aromatic rings. The van der Waals surface area contributed by atoms with Crippen LogP contribution in [0.25, 0.3) is 0 Å². The van der Waals surface area contributed by atoms with Gasteiger partial charge in [0.15, 0.2) is 0 Å². The van der Waals surface area contributed by atoms with Crippen LogP contribution in [-0.4, -0.2) is 24.9 Å². The largest absolute Gasteiger partial charge is 0.352 e. The lowest BCUT2D eigenvalue weighted by Gasteiger charge is -2.24. The lowest BCUT2D eigenvalue weighted by atomic mass is 9.85. The van der Waals surface area contributed by atoms with E-state index < -0.39 is 0 Å². The minimum absolute atomic E-state index is 0.103. The van der Waals surface area contributed by atoms with Crippen LogP contribution < -0.4 is 16.0 Å². The molecule has 1 aliphatic heterocycles. The second-order valence-corrected chi connectivity index (χ2v) is 6.99. The highest BCUT2D eigenvalue weighted by atomic mass is 16.2. The van der Waals surface area contributed by atoms with Gasteiger partial charge in [-0.25, -0.2) is 0 Å². The van der Waals surface area contributed by atoms with Crippen molar-refractivity contribution in [2.75, 3.05) is 18.4 Å². The van der Waals surface area contributed by atoms with Crippen LogP contribution in [0.15, 0.2) is 24.3 Å². The Labute approximate surface area is 143 Å². The van der Waals surface area contributed by atoms with Crippen molar-refractivity contribution in [3.8, 4) is 0 Å². The summed E-state index contributed by atoms with van der Waals surface area (Å²) >= 11 is 0. The van der Waals surface area contributed by atoms with Crippen LogP contribution >= 0.6 is 0 Å². The molecule has 3 N–H and O–H groups in total. The van der Waals surface area contributed by atoms with Gasteiger partial charge < -0.3 is 16.0 Å². The first-order valence-corrected chi connectivity index (χ1v) is 9.08. The summed E-state index contributed by atoms with van der Waals surface area (Å²) in [4.78, 5) is 24.0. The Morgan fingerprint density at radius 3 is 2.79 bits per heavy atom. The molecule has 0 aromatic heterocycles. The van der Waals surface area contributed by atoms with Crippen molar-refractivity contribution in [2.24, 2.45) is 11.8 Å². The molecule has 1 aliphatic carbocycles. The number of nitrogens with one attached hydrogen (secondary N) is 3. The van der Waals surface area contributed by atoms with E-state index in [2.05, 4.69) is 16.0 Å². The summed E-state index contributed by atoms with van der Waals surface area (Å²) < 4.78 is 0. The number of carbonyl (C=O) groups excluding carboxylic acids is 2. The van der Waals surface area contributed by atoms with E-state index in [-0.39, 0.29) is 17.7 Å². The molecule has 0 spiro atoms. The monoisotopic (exact) mass is 329 g/mol. The Balaban J connectivity index is 1.41. The zero-order valence-corrected chi connectivity index (χ0v) is 14.1. The highest BCUT2D eigenvalue weighted by Gasteiger charge is 2.25. The zero-order valence-electron chi connectivity index (χ0n) is 14.1. The average molecular weight is 329 g/mol. The third-order valence-corrected chi connectivity index (χ3v) is 5.10. The van der Waals surface area contributed by atoms with Gasteiger partial charge in [-0.1, -0.05) is 18.6 Å². The van der Waals surface area contributed by atoms with E-state index in [9.17, 15) is 9.59 Å². The van der Waals surface area contributed by atoms with E-state index in [1.54, 1.807) is 0 Å². The normalized spacial score (nSPS) is 20.4. The first-order valence-electron chi connectivity index (χ1n) is 9.08. The van der Waals surface area contributed by atoms with Crippen molar-refractivity contribution in [2.45, 2.75) is 45.1 Å². The Kier molecular flexibility index (Phi) is 5.86. The number of hydrogen-bond donors (Lipinski definition) is 3. The summed E-state index contributed by atoms with van der Waals surface area (Å²) in [6, 6.07) is 7.73. The molecular weight excluding hydrogens is 302 g/mol. The number of anilines is 1. The highest BCUT2D eigenvalue weighted by molar-refractivity contribution is 5.93. The molecule has 2 aliphatic rings. The van der Waals surface area contributed by atoms with Gasteiger partial charge in [0.05, 0.1) is 0 Å². The van der Waals surface area contributed by atoms with Crippen molar-refractivity contribution >= 4 is 17.5 Å². The minimum Gasteiger partial charge on any atom is -0.352 e. The van der Waals surface area contributed by atoms with Gasteiger partial charge in [-0.3, -0.25) is 9.59 Å². The minimum atomic E-state index is 0.103. The predicted molar refractivity (Wildman–Crippen MR) is 94.5 cm³/mol. The van der Waals surface area contributed by atoms with Gasteiger partial charge in [0, 0.05) is 24.6 Å². The molecule has 0 bridgehead atoms. The van der Waals surface area contributed by atoms with Crippen LogP contribution in [0.1, 0.15) is 44.1 Å². The van der Waals surface area contributed by atoms with Crippen molar-refractivity contribution in [1.82, 2.24) is 10.6 Å². The van der Waals surface area contributed by atoms with E-state index in [0.717, 1.165) is 50.0 Å². The van der Waals surface area contributed by atoms with Crippen molar-refractivity contribution in [3.63, 3.8) is 0 Å². The molecule has 5 nitrogen and oxygen atoms in total. The summed E-state index contributed by atoms with van der Waals surface area (Å²) in [5, 5.41) is 9.28. The number of rotatable bonds is 7. The second kappa shape index (κ2) is 8.29. The molecule has 1 heterocycles. The quantitative estimate of drug-likeness (QED) is 0.719. The van der Waals surface area contributed by atoms with Crippen LogP contribution in [0.4, 0.5) is 5.69 Å². The molecule has 3 rings (SSSR count). The third kappa shape index (κ3) is 4.81. The number of hydrogen-bond acceptors (Lipinski definition) is 3. The summed E-state index contributed by atoms with van der Waals surface area (Å²) in [6.07, 6.45) is 5.87. The third-order valence-electron chi connectivity index (χ3n) is 5.10.